The summed E-state index contributed by atoms with van der Waals surface area (Å²) in [6.07, 6.45) is -4.93. The first-order valence-electron chi connectivity index (χ1n) is 5.41. The Bertz CT molecular complexity index is 726. The van der Waals surface area contributed by atoms with Crippen molar-refractivity contribution in [2.75, 3.05) is 0 Å². The molecule has 2 heterocycles. The SMILES string of the molecule is Cc1nc2nc(C(F)(F)F)c(C(=O)O)cc2c(C)c1F. The van der Waals surface area contributed by atoms with Crippen molar-refractivity contribution in [1.29, 1.82) is 0 Å². The molecule has 0 bridgehead atoms. The van der Waals surface area contributed by atoms with Gasteiger partial charge in [0.25, 0.3) is 0 Å². The number of carbonyl (C=O) groups is 1. The van der Waals surface area contributed by atoms with E-state index in [1.807, 2.05) is 0 Å². The number of carboxylic acid groups (broad SMARTS) is 1. The monoisotopic (exact) mass is 288 g/mol. The molecular weight excluding hydrogens is 280 g/mol. The van der Waals surface area contributed by atoms with Crippen LogP contribution in [0.2, 0.25) is 0 Å². The van der Waals surface area contributed by atoms with E-state index < -0.39 is 29.2 Å². The lowest BCUT2D eigenvalue weighted by Crippen LogP contribution is -2.16. The fraction of sp³-hybridized carbons (Fsp3) is 0.250. The third kappa shape index (κ3) is 2.17. The first-order valence-corrected chi connectivity index (χ1v) is 5.41. The van der Waals surface area contributed by atoms with Gasteiger partial charge in [0.05, 0.1) is 11.3 Å². The van der Waals surface area contributed by atoms with Crippen molar-refractivity contribution in [2.45, 2.75) is 20.0 Å². The van der Waals surface area contributed by atoms with Crippen LogP contribution in [0.5, 0.6) is 0 Å². The predicted octanol–water partition coefficient (Wildman–Crippen LogP) is 3.10. The Balaban J connectivity index is 2.93. The molecule has 0 unspecified atom stereocenters. The minimum absolute atomic E-state index is 0.0104. The molecule has 1 N–H and O–H groups in total. The Hall–Kier alpha value is -2.25. The fourth-order valence-electron chi connectivity index (χ4n) is 1.84. The maximum Gasteiger partial charge on any atom is 0.434 e. The minimum Gasteiger partial charge on any atom is -0.478 e. The van der Waals surface area contributed by atoms with E-state index in [1.165, 1.54) is 13.8 Å². The van der Waals surface area contributed by atoms with Crippen LogP contribution in [0.25, 0.3) is 11.0 Å². The number of halogens is 4. The first-order chi connectivity index (χ1) is 9.12. The van der Waals surface area contributed by atoms with Crippen LogP contribution in [0.1, 0.15) is 27.3 Å². The van der Waals surface area contributed by atoms with Crippen LogP contribution in [0.3, 0.4) is 0 Å². The number of hydrogen-bond acceptors (Lipinski definition) is 3. The highest BCUT2D eigenvalue weighted by Crippen LogP contribution is 2.33. The second-order valence-electron chi connectivity index (χ2n) is 4.19. The number of aromatic nitrogens is 2. The number of carboxylic acids is 1. The van der Waals surface area contributed by atoms with Crippen LogP contribution in [-0.2, 0) is 6.18 Å². The van der Waals surface area contributed by atoms with E-state index in [0.717, 1.165) is 6.07 Å². The largest absolute Gasteiger partial charge is 0.478 e. The third-order valence-corrected chi connectivity index (χ3v) is 2.83. The summed E-state index contributed by atoms with van der Waals surface area (Å²) in [6.45, 7) is 2.62. The zero-order valence-corrected chi connectivity index (χ0v) is 10.3. The molecule has 20 heavy (non-hydrogen) atoms. The highest BCUT2D eigenvalue weighted by molar-refractivity contribution is 5.94. The summed E-state index contributed by atoms with van der Waals surface area (Å²) in [7, 11) is 0. The zero-order valence-electron chi connectivity index (χ0n) is 10.3. The summed E-state index contributed by atoms with van der Waals surface area (Å²) in [5.41, 5.74) is -3.00. The molecule has 0 aliphatic carbocycles. The molecule has 2 aromatic heterocycles. The maximum absolute atomic E-state index is 13.7. The molecule has 2 aromatic rings. The Morgan fingerprint density at radius 1 is 1.25 bits per heavy atom. The number of rotatable bonds is 1. The van der Waals surface area contributed by atoms with Crippen molar-refractivity contribution < 1.29 is 27.5 Å². The van der Waals surface area contributed by atoms with Crippen LogP contribution >= 0.6 is 0 Å². The summed E-state index contributed by atoms with van der Waals surface area (Å²) in [5, 5.41) is 8.79. The van der Waals surface area contributed by atoms with Gasteiger partial charge in [-0.1, -0.05) is 0 Å². The molecule has 0 spiro atoms. The molecule has 0 aliphatic heterocycles. The van der Waals surface area contributed by atoms with E-state index in [4.69, 9.17) is 5.11 Å². The number of aromatic carboxylic acids is 1. The number of fused-ring (bicyclic) bond motifs is 1. The van der Waals surface area contributed by atoms with Crippen LogP contribution in [0.15, 0.2) is 6.07 Å². The molecule has 0 atom stereocenters. The zero-order chi connectivity index (χ0) is 15.2. The quantitative estimate of drug-likeness (QED) is 0.819. The molecular formula is C12H8F4N2O2. The van der Waals surface area contributed by atoms with Gasteiger partial charge in [0.1, 0.15) is 5.82 Å². The lowest BCUT2D eigenvalue weighted by molar-refractivity contribution is -0.141. The smallest absolute Gasteiger partial charge is 0.434 e. The van der Waals surface area contributed by atoms with Crippen LogP contribution in [-0.4, -0.2) is 21.0 Å². The van der Waals surface area contributed by atoms with Gasteiger partial charge in [0.2, 0.25) is 0 Å². The van der Waals surface area contributed by atoms with Crippen molar-refractivity contribution in [1.82, 2.24) is 9.97 Å². The molecule has 4 nitrogen and oxygen atoms in total. The average Bonchev–Trinajstić information content (AvgIpc) is 2.33. The first kappa shape index (κ1) is 14.2. The number of pyridine rings is 2. The van der Waals surface area contributed by atoms with Crippen molar-refractivity contribution in [2.24, 2.45) is 0 Å². The van der Waals surface area contributed by atoms with Gasteiger partial charge in [0.15, 0.2) is 11.3 Å². The van der Waals surface area contributed by atoms with Gasteiger partial charge in [-0.05, 0) is 25.5 Å². The average molecular weight is 288 g/mol. The molecule has 0 amide bonds. The van der Waals surface area contributed by atoms with E-state index >= 15 is 0 Å². The highest BCUT2D eigenvalue weighted by atomic mass is 19.4. The number of alkyl halides is 3. The summed E-state index contributed by atoms with van der Waals surface area (Å²) in [6, 6.07) is 0.748. The fourth-order valence-corrected chi connectivity index (χ4v) is 1.84. The predicted molar refractivity (Wildman–Crippen MR) is 60.9 cm³/mol. The van der Waals surface area contributed by atoms with Crippen molar-refractivity contribution in [3.8, 4) is 0 Å². The van der Waals surface area contributed by atoms with Crippen molar-refractivity contribution in [3.05, 3.63) is 34.4 Å². The van der Waals surface area contributed by atoms with Gasteiger partial charge in [-0.3, -0.25) is 0 Å². The number of nitrogens with zero attached hydrogens (tertiary/aromatic N) is 2. The standard InChI is InChI=1S/C12H8F4N2O2/c1-4-6-3-7(11(19)20)9(12(14,15)16)18-10(6)17-5(2)8(4)13/h3H,1-2H3,(H,19,20). The molecule has 106 valence electrons. The van der Waals surface area contributed by atoms with Gasteiger partial charge in [-0.25, -0.2) is 19.2 Å². The van der Waals surface area contributed by atoms with Crippen LogP contribution < -0.4 is 0 Å². The van der Waals surface area contributed by atoms with Gasteiger partial charge >= 0.3 is 12.1 Å². The normalized spacial score (nSPS) is 11.9. The van der Waals surface area contributed by atoms with Gasteiger partial charge in [-0.15, -0.1) is 0 Å². The van der Waals surface area contributed by atoms with Crippen LogP contribution in [0.4, 0.5) is 17.6 Å². The lowest BCUT2D eigenvalue weighted by Gasteiger charge is -2.12. The second kappa shape index (κ2) is 4.39. The van der Waals surface area contributed by atoms with E-state index in [1.54, 1.807) is 0 Å². The van der Waals surface area contributed by atoms with Gasteiger partial charge < -0.3 is 5.11 Å². The Labute approximate surface area is 110 Å². The molecule has 0 aliphatic rings. The second-order valence-corrected chi connectivity index (χ2v) is 4.19. The summed E-state index contributed by atoms with van der Waals surface area (Å²) in [5.74, 6) is -2.48. The van der Waals surface area contributed by atoms with Crippen LogP contribution in [0, 0.1) is 19.7 Å². The topological polar surface area (TPSA) is 63.1 Å². The third-order valence-electron chi connectivity index (χ3n) is 2.83. The van der Waals surface area contributed by atoms with E-state index in [9.17, 15) is 22.4 Å². The lowest BCUT2D eigenvalue weighted by atomic mass is 10.1. The minimum atomic E-state index is -4.93. The number of hydrogen-bond donors (Lipinski definition) is 1. The molecule has 2 rings (SSSR count). The summed E-state index contributed by atoms with van der Waals surface area (Å²) >= 11 is 0. The molecule has 0 saturated carbocycles. The molecule has 0 radical (unpaired) electrons. The molecule has 8 heteroatoms. The Kier molecular flexibility index (Phi) is 3.11. The van der Waals surface area contributed by atoms with Crippen molar-refractivity contribution in [3.63, 3.8) is 0 Å². The van der Waals surface area contributed by atoms with Crippen molar-refractivity contribution >= 4 is 17.0 Å². The van der Waals surface area contributed by atoms with Gasteiger partial charge in [0, 0.05) is 5.39 Å². The Morgan fingerprint density at radius 2 is 1.85 bits per heavy atom. The Morgan fingerprint density at radius 3 is 2.35 bits per heavy atom. The molecule has 0 fully saturated rings. The molecule has 0 aromatic carbocycles. The summed E-state index contributed by atoms with van der Waals surface area (Å²) in [4.78, 5) is 17.8. The maximum atomic E-state index is 13.7. The number of aryl methyl sites for hydroxylation is 2. The summed E-state index contributed by atoms with van der Waals surface area (Å²) < 4.78 is 52.0. The van der Waals surface area contributed by atoms with Gasteiger partial charge in [-0.2, -0.15) is 13.2 Å². The highest BCUT2D eigenvalue weighted by Gasteiger charge is 2.38. The van der Waals surface area contributed by atoms with E-state index in [2.05, 4.69) is 9.97 Å². The van der Waals surface area contributed by atoms with E-state index in [0.29, 0.717) is 0 Å². The molecule has 0 saturated heterocycles. The van der Waals surface area contributed by atoms with E-state index in [-0.39, 0.29) is 22.3 Å².